The Balaban J connectivity index is 1.14. The molecule has 10 aromatic rings. The Kier molecular flexibility index (Phi) is 7.03. The lowest BCUT2D eigenvalue weighted by Crippen LogP contribution is -2.00. The largest absolute Gasteiger partial charge is 0.245 e. The van der Waals surface area contributed by atoms with Gasteiger partial charge < -0.3 is 0 Å². The summed E-state index contributed by atoms with van der Waals surface area (Å²) in [4.78, 5) is 30.4. The highest BCUT2D eigenvalue weighted by Crippen LogP contribution is 2.36. The number of hydrogen-bond donors (Lipinski definition) is 0. The molecule has 0 amide bonds. The van der Waals surface area contributed by atoms with Crippen molar-refractivity contribution < 1.29 is 0 Å². The summed E-state index contributed by atoms with van der Waals surface area (Å²) in [6.07, 6.45) is 0. The first-order chi connectivity index (χ1) is 25.7. The molecule has 6 nitrogen and oxygen atoms in total. The molecular weight excluding hydrogens is 637 g/mol. The summed E-state index contributed by atoms with van der Waals surface area (Å²) >= 11 is 0. The van der Waals surface area contributed by atoms with Crippen LogP contribution in [0.4, 0.5) is 0 Å². The molecule has 6 aromatic carbocycles. The van der Waals surface area contributed by atoms with Gasteiger partial charge >= 0.3 is 0 Å². The molecule has 0 unspecified atom stereocenters. The lowest BCUT2D eigenvalue weighted by Gasteiger charge is -2.13. The molecule has 0 atom stereocenters. The molecule has 4 aromatic heterocycles. The number of nitrogens with zero attached hydrogens (tertiary/aromatic N) is 6. The molecule has 0 aliphatic rings. The van der Waals surface area contributed by atoms with Gasteiger partial charge in [0, 0.05) is 49.4 Å². The summed E-state index contributed by atoms with van der Waals surface area (Å²) in [6, 6.07) is 57.6. The van der Waals surface area contributed by atoms with Gasteiger partial charge in [-0.3, -0.25) is 0 Å². The number of hydrogen-bond acceptors (Lipinski definition) is 6. The first-order valence-electron chi connectivity index (χ1n) is 17.2. The van der Waals surface area contributed by atoms with Gasteiger partial charge in [0.25, 0.3) is 0 Å². The van der Waals surface area contributed by atoms with E-state index in [4.69, 9.17) is 29.9 Å². The monoisotopic (exact) mass is 664 g/mol. The summed E-state index contributed by atoms with van der Waals surface area (Å²) in [5.41, 5.74) is 9.96. The van der Waals surface area contributed by atoms with E-state index in [0.29, 0.717) is 17.5 Å². The van der Waals surface area contributed by atoms with Crippen LogP contribution in [0.25, 0.3) is 100 Å². The summed E-state index contributed by atoms with van der Waals surface area (Å²) < 4.78 is 0. The summed E-state index contributed by atoms with van der Waals surface area (Å²) in [5.74, 6) is 1.86. The van der Waals surface area contributed by atoms with E-state index in [2.05, 4.69) is 84.9 Å². The third-order valence-corrected chi connectivity index (χ3v) is 9.48. The fourth-order valence-electron chi connectivity index (χ4n) is 6.86. The predicted molar refractivity (Wildman–Crippen MR) is 210 cm³/mol. The molecule has 0 aliphatic carbocycles. The van der Waals surface area contributed by atoms with Gasteiger partial charge in [0.15, 0.2) is 17.5 Å². The molecule has 0 saturated heterocycles. The minimum atomic E-state index is 0.603. The van der Waals surface area contributed by atoms with Crippen molar-refractivity contribution >= 4 is 43.6 Å². The van der Waals surface area contributed by atoms with Crippen molar-refractivity contribution in [3.8, 4) is 56.7 Å². The maximum atomic E-state index is 5.38. The Bertz CT molecular complexity index is 2870. The lowest BCUT2D eigenvalue weighted by atomic mass is 10.00. The summed E-state index contributed by atoms with van der Waals surface area (Å²) in [6.45, 7) is 0. The average molecular weight is 665 g/mol. The first-order valence-corrected chi connectivity index (χ1v) is 17.2. The molecule has 0 radical (unpaired) electrons. The normalized spacial score (nSPS) is 11.5. The molecule has 4 heterocycles. The maximum Gasteiger partial charge on any atom is 0.164 e. The molecule has 0 saturated carbocycles. The molecule has 242 valence electrons. The molecular formula is C46H28N6. The highest BCUT2D eigenvalue weighted by atomic mass is 15.0. The van der Waals surface area contributed by atoms with Crippen LogP contribution in [0.5, 0.6) is 0 Å². The minimum absolute atomic E-state index is 0.603. The number of fused-ring (bicyclic) bond motifs is 6. The third-order valence-electron chi connectivity index (χ3n) is 9.48. The van der Waals surface area contributed by atoms with Gasteiger partial charge in [0.05, 0.1) is 33.5 Å². The molecule has 0 bridgehead atoms. The maximum absolute atomic E-state index is 5.38. The Morgan fingerprint density at radius 1 is 0.288 bits per heavy atom. The standard InChI is InChI=1S/C46H28N6/c1-4-12-29(13-5-1)38-27-26-31-22-25-35-28-37-36-18-10-11-19-39(36)48-41(43(37)49-42(35)40(31)47-38)30-20-23-34(24-21-30)46-51-44(32-14-6-2-7-15-32)50-45(52-46)33-16-8-3-9-17-33/h1-28H. The second-order valence-electron chi connectivity index (χ2n) is 12.7. The van der Waals surface area contributed by atoms with E-state index in [9.17, 15) is 0 Å². The highest BCUT2D eigenvalue weighted by Gasteiger charge is 2.17. The van der Waals surface area contributed by atoms with Crippen molar-refractivity contribution in [3.63, 3.8) is 0 Å². The average Bonchev–Trinajstić information content (AvgIpc) is 3.23. The quantitative estimate of drug-likeness (QED) is 0.135. The van der Waals surface area contributed by atoms with Crippen LogP contribution >= 0.6 is 0 Å². The number of para-hydroxylation sites is 1. The first kappa shape index (κ1) is 29.7. The van der Waals surface area contributed by atoms with Crippen LogP contribution in [-0.2, 0) is 0 Å². The zero-order valence-corrected chi connectivity index (χ0v) is 27.8. The fourth-order valence-corrected chi connectivity index (χ4v) is 6.86. The van der Waals surface area contributed by atoms with E-state index < -0.39 is 0 Å². The molecule has 52 heavy (non-hydrogen) atoms. The molecule has 10 rings (SSSR count). The molecule has 0 spiro atoms. The van der Waals surface area contributed by atoms with Crippen LogP contribution in [0.1, 0.15) is 0 Å². The van der Waals surface area contributed by atoms with E-state index in [0.717, 1.165) is 82.8 Å². The van der Waals surface area contributed by atoms with Crippen LogP contribution < -0.4 is 0 Å². The Hall–Kier alpha value is -7.18. The van der Waals surface area contributed by atoms with Crippen LogP contribution in [0.2, 0.25) is 0 Å². The smallest absolute Gasteiger partial charge is 0.164 e. The highest BCUT2D eigenvalue weighted by molar-refractivity contribution is 6.15. The number of benzene rings is 6. The molecule has 0 aliphatic heterocycles. The second kappa shape index (κ2) is 12.3. The van der Waals surface area contributed by atoms with Gasteiger partial charge in [-0.2, -0.15) is 0 Å². The van der Waals surface area contributed by atoms with Crippen LogP contribution in [0, 0.1) is 0 Å². The number of rotatable bonds is 5. The van der Waals surface area contributed by atoms with Crippen LogP contribution in [0.3, 0.4) is 0 Å². The van der Waals surface area contributed by atoms with Crippen molar-refractivity contribution in [2.75, 3.05) is 0 Å². The van der Waals surface area contributed by atoms with Gasteiger partial charge in [-0.05, 0) is 18.2 Å². The van der Waals surface area contributed by atoms with Crippen molar-refractivity contribution in [2.45, 2.75) is 0 Å². The summed E-state index contributed by atoms with van der Waals surface area (Å²) in [5, 5.41) is 4.19. The van der Waals surface area contributed by atoms with Gasteiger partial charge in [0.1, 0.15) is 0 Å². The number of aromatic nitrogens is 6. The van der Waals surface area contributed by atoms with Gasteiger partial charge in [-0.15, -0.1) is 0 Å². The molecule has 6 heteroatoms. The van der Waals surface area contributed by atoms with Gasteiger partial charge in [-0.25, -0.2) is 29.9 Å². The van der Waals surface area contributed by atoms with E-state index in [1.807, 2.05) is 84.9 Å². The Morgan fingerprint density at radius 2 is 0.788 bits per heavy atom. The minimum Gasteiger partial charge on any atom is -0.245 e. The van der Waals surface area contributed by atoms with Crippen molar-refractivity contribution in [1.82, 2.24) is 29.9 Å². The Labute approximate surface area is 299 Å². The SMILES string of the molecule is c1ccc(-c2ccc3ccc4cc5c(nc4c3n2)c(-c2ccc(-c3nc(-c4ccccc4)nc(-c4ccccc4)n3)cc2)nc2ccccc25)cc1. The third kappa shape index (κ3) is 5.22. The number of pyridine rings is 3. The van der Waals surface area contributed by atoms with Gasteiger partial charge in [0.2, 0.25) is 0 Å². The van der Waals surface area contributed by atoms with Crippen molar-refractivity contribution in [1.29, 1.82) is 0 Å². The van der Waals surface area contributed by atoms with E-state index in [-0.39, 0.29) is 0 Å². The van der Waals surface area contributed by atoms with Crippen LogP contribution in [-0.4, -0.2) is 29.9 Å². The zero-order valence-electron chi connectivity index (χ0n) is 27.8. The Morgan fingerprint density at radius 3 is 1.44 bits per heavy atom. The molecule has 0 N–H and O–H groups in total. The van der Waals surface area contributed by atoms with E-state index in [1.54, 1.807) is 0 Å². The van der Waals surface area contributed by atoms with Gasteiger partial charge in [-0.1, -0.05) is 152 Å². The lowest BCUT2D eigenvalue weighted by molar-refractivity contribution is 1.07. The van der Waals surface area contributed by atoms with Crippen LogP contribution in [0.15, 0.2) is 170 Å². The fraction of sp³-hybridized carbons (Fsp3) is 0. The zero-order chi connectivity index (χ0) is 34.4. The molecule has 0 fully saturated rings. The predicted octanol–water partition coefficient (Wildman–Crippen LogP) is 11.0. The van der Waals surface area contributed by atoms with E-state index in [1.165, 1.54) is 0 Å². The summed E-state index contributed by atoms with van der Waals surface area (Å²) in [7, 11) is 0. The second-order valence-corrected chi connectivity index (χ2v) is 12.7. The van der Waals surface area contributed by atoms with Crippen molar-refractivity contribution in [2.24, 2.45) is 0 Å². The van der Waals surface area contributed by atoms with E-state index >= 15 is 0 Å². The van der Waals surface area contributed by atoms with Crippen molar-refractivity contribution in [3.05, 3.63) is 170 Å². The topological polar surface area (TPSA) is 77.3 Å².